The summed E-state index contributed by atoms with van der Waals surface area (Å²) < 4.78 is 12.6. The summed E-state index contributed by atoms with van der Waals surface area (Å²) in [5.41, 5.74) is 6.20. The fourth-order valence-corrected chi connectivity index (χ4v) is 5.06. The predicted octanol–water partition coefficient (Wildman–Crippen LogP) is 7.56. The average molecular weight is 616 g/mol. The quantitative estimate of drug-likeness (QED) is 0.140. The summed E-state index contributed by atoms with van der Waals surface area (Å²) in [6.07, 6.45) is 2.47. The first-order valence-electron chi connectivity index (χ1n) is 16.3. The van der Waals surface area contributed by atoms with Crippen LogP contribution < -0.4 is 15.0 Å². The van der Waals surface area contributed by atoms with Crippen LogP contribution in [0.15, 0.2) is 52.6 Å². The van der Waals surface area contributed by atoms with Crippen molar-refractivity contribution in [3.8, 4) is 5.75 Å². The van der Waals surface area contributed by atoms with Crippen molar-refractivity contribution in [1.29, 1.82) is 0 Å². The molecule has 2 atom stereocenters. The van der Waals surface area contributed by atoms with Gasteiger partial charge < -0.3 is 14.4 Å². The monoisotopic (exact) mass is 615 g/mol. The van der Waals surface area contributed by atoms with Crippen LogP contribution in [0.1, 0.15) is 110 Å². The van der Waals surface area contributed by atoms with Crippen molar-refractivity contribution in [1.82, 2.24) is 20.2 Å². The van der Waals surface area contributed by atoms with Crippen molar-refractivity contribution in [2.45, 2.75) is 105 Å². The number of aliphatic imine (C=N–C) groups is 1. The normalized spacial score (nSPS) is 15.6. The minimum absolute atomic E-state index is 0.0111. The van der Waals surface area contributed by atoms with Gasteiger partial charge >= 0.3 is 0 Å². The first-order chi connectivity index (χ1) is 21.3. The second kappa shape index (κ2) is 14.3. The minimum Gasteiger partial charge on any atom is -0.465 e. The van der Waals surface area contributed by atoms with Crippen molar-refractivity contribution in [3.63, 3.8) is 0 Å². The molecule has 1 aliphatic heterocycles. The number of fused-ring (bicyclic) bond motifs is 1. The predicted molar refractivity (Wildman–Crippen MR) is 186 cm³/mol. The van der Waals surface area contributed by atoms with Crippen molar-refractivity contribution in [3.05, 3.63) is 65.2 Å². The van der Waals surface area contributed by atoms with Crippen LogP contribution in [0.5, 0.6) is 5.75 Å². The molecule has 45 heavy (non-hydrogen) atoms. The Bertz CT molecular complexity index is 1500. The molecule has 2 unspecified atom stereocenters. The van der Waals surface area contributed by atoms with E-state index in [9.17, 15) is 0 Å². The lowest BCUT2D eigenvalue weighted by Crippen LogP contribution is -2.30. The van der Waals surface area contributed by atoms with Crippen molar-refractivity contribution in [2.75, 3.05) is 32.3 Å². The highest BCUT2D eigenvalue weighted by Crippen LogP contribution is 2.39. The third-order valence-electron chi connectivity index (χ3n) is 9.13. The van der Waals surface area contributed by atoms with E-state index in [2.05, 4.69) is 106 Å². The summed E-state index contributed by atoms with van der Waals surface area (Å²) in [7, 11) is 4.04. The molecule has 3 aromatic rings. The van der Waals surface area contributed by atoms with E-state index in [1.807, 2.05) is 33.2 Å². The summed E-state index contributed by atoms with van der Waals surface area (Å²) in [5, 5.41) is 12.6. The molecule has 2 aromatic carbocycles. The van der Waals surface area contributed by atoms with Crippen LogP contribution in [0.4, 0.5) is 11.4 Å². The zero-order valence-corrected chi connectivity index (χ0v) is 29.2. The Balaban J connectivity index is 1.37. The highest BCUT2D eigenvalue weighted by Gasteiger charge is 2.28. The number of rotatable bonds is 15. The van der Waals surface area contributed by atoms with Gasteiger partial charge in [-0.25, -0.2) is 9.98 Å². The van der Waals surface area contributed by atoms with E-state index in [0.29, 0.717) is 24.9 Å². The van der Waals surface area contributed by atoms with Gasteiger partial charge in [0.2, 0.25) is 12.1 Å². The smallest absolute Gasteiger partial charge is 0.204 e. The van der Waals surface area contributed by atoms with Crippen LogP contribution in [-0.2, 0) is 15.6 Å². The molecule has 0 spiro atoms. The summed E-state index contributed by atoms with van der Waals surface area (Å²) in [4.78, 5) is 13.3. The molecule has 0 saturated heterocycles. The van der Waals surface area contributed by atoms with Gasteiger partial charge in [0.15, 0.2) is 5.82 Å². The van der Waals surface area contributed by atoms with Crippen LogP contribution in [0.3, 0.4) is 0 Å². The van der Waals surface area contributed by atoms with E-state index in [4.69, 9.17) is 19.5 Å². The summed E-state index contributed by atoms with van der Waals surface area (Å²) in [5.74, 6) is 2.33. The number of nitrogens with zero attached hydrogens (tertiary/aromatic N) is 6. The first kappa shape index (κ1) is 34.3. The van der Waals surface area contributed by atoms with Gasteiger partial charge in [0, 0.05) is 44.2 Å². The molecule has 1 aromatic heterocycles. The standard InChI is InChI=1S/C36H53N7O2/c1-12-31(45-30-20-15-26(35(6,7)13-2)21-29(30)36(8,9)14-3)44-23-37-22-24(4)33-39-34-32(25(5)40-43(34)41-33)38-27-16-18-28(19-17-27)42(10)11/h15-21,24,31,37H,12-14,22-23H2,1-11H3/b38-32-. The van der Waals surface area contributed by atoms with Gasteiger partial charge in [-0.15, -0.1) is 9.89 Å². The zero-order valence-electron chi connectivity index (χ0n) is 29.2. The summed E-state index contributed by atoms with van der Waals surface area (Å²) in [6, 6.07) is 14.8. The molecule has 4 rings (SSSR count). The average Bonchev–Trinajstić information content (AvgIpc) is 3.56. The Kier molecular flexibility index (Phi) is 10.9. The van der Waals surface area contributed by atoms with Gasteiger partial charge in [-0.2, -0.15) is 5.10 Å². The highest BCUT2D eigenvalue weighted by atomic mass is 16.7. The molecule has 0 radical (unpaired) electrons. The maximum atomic E-state index is 6.49. The SMILES string of the molecule is CCC(OCNCC(C)c1nc2n(n1)N=C(C)/C2=N/c1ccc(N(C)C)cc1)Oc1ccc(C(C)(C)CC)cc1C(C)(C)CC. The molecule has 1 N–H and O–H groups in total. The molecule has 2 heterocycles. The molecule has 9 nitrogen and oxygen atoms in total. The molecular formula is C36H53N7O2. The van der Waals surface area contributed by atoms with Gasteiger partial charge in [0.25, 0.3) is 0 Å². The topological polar surface area (TPSA) is 89.2 Å². The number of aromatic nitrogens is 3. The lowest BCUT2D eigenvalue weighted by molar-refractivity contribution is -0.0886. The van der Waals surface area contributed by atoms with Crippen molar-refractivity contribution in [2.24, 2.45) is 10.1 Å². The number of nitrogens with one attached hydrogen (secondary N) is 1. The van der Waals surface area contributed by atoms with E-state index in [0.717, 1.165) is 47.8 Å². The molecule has 0 amide bonds. The Morgan fingerprint density at radius 3 is 2.29 bits per heavy atom. The first-order valence-corrected chi connectivity index (χ1v) is 16.3. The maximum absolute atomic E-state index is 6.49. The molecular weight excluding hydrogens is 562 g/mol. The Morgan fingerprint density at radius 2 is 1.67 bits per heavy atom. The third-order valence-corrected chi connectivity index (χ3v) is 9.13. The van der Waals surface area contributed by atoms with E-state index < -0.39 is 0 Å². The lowest BCUT2D eigenvalue weighted by atomic mass is 9.76. The van der Waals surface area contributed by atoms with Gasteiger partial charge in [0.1, 0.15) is 18.2 Å². The summed E-state index contributed by atoms with van der Waals surface area (Å²) >= 11 is 0. The zero-order chi connectivity index (χ0) is 32.9. The molecule has 0 fully saturated rings. The second-order valence-electron chi connectivity index (χ2n) is 13.5. The van der Waals surface area contributed by atoms with Crippen LogP contribution in [0, 0.1) is 0 Å². The lowest BCUT2D eigenvalue weighted by Gasteiger charge is -2.31. The Hall–Kier alpha value is -3.56. The largest absolute Gasteiger partial charge is 0.465 e. The van der Waals surface area contributed by atoms with E-state index in [1.54, 1.807) is 4.79 Å². The molecule has 244 valence electrons. The van der Waals surface area contributed by atoms with Crippen LogP contribution in [0.2, 0.25) is 0 Å². The fraction of sp³-hybridized carbons (Fsp3) is 0.556. The van der Waals surface area contributed by atoms with E-state index >= 15 is 0 Å². The van der Waals surface area contributed by atoms with Gasteiger partial charge in [-0.05, 0) is 66.5 Å². The molecule has 1 aliphatic rings. The fourth-order valence-electron chi connectivity index (χ4n) is 5.06. The van der Waals surface area contributed by atoms with Crippen LogP contribution in [0.25, 0.3) is 0 Å². The minimum atomic E-state index is -0.360. The third kappa shape index (κ3) is 8.00. The summed E-state index contributed by atoms with van der Waals surface area (Å²) in [6.45, 7) is 20.8. The second-order valence-corrected chi connectivity index (χ2v) is 13.5. The maximum Gasteiger partial charge on any atom is 0.204 e. The van der Waals surface area contributed by atoms with E-state index in [1.165, 1.54) is 11.1 Å². The van der Waals surface area contributed by atoms with E-state index in [-0.39, 0.29) is 23.0 Å². The molecule has 9 heteroatoms. The molecule has 0 bridgehead atoms. The van der Waals surface area contributed by atoms with Gasteiger partial charge in [-0.1, -0.05) is 67.5 Å². The Morgan fingerprint density at radius 1 is 0.978 bits per heavy atom. The molecule has 0 aliphatic carbocycles. The van der Waals surface area contributed by atoms with Gasteiger partial charge in [0.05, 0.1) is 11.4 Å². The number of hydrogen-bond donors (Lipinski definition) is 1. The number of hydrogen-bond acceptors (Lipinski definition) is 8. The number of anilines is 1. The van der Waals surface area contributed by atoms with Crippen LogP contribution in [-0.4, -0.2) is 60.0 Å². The number of benzene rings is 2. The van der Waals surface area contributed by atoms with Crippen molar-refractivity contribution < 1.29 is 9.47 Å². The number of ether oxygens (including phenoxy) is 2. The highest BCUT2D eigenvalue weighted by molar-refractivity contribution is 6.48. The Labute approximate surface area is 270 Å². The van der Waals surface area contributed by atoms with Crippen molar-refractivity contribution >= 4 is 22.8 Å². The van der Waals surface area contributed by atoms with Crippen LogP contribution >= 0.6 is 0 Å². The molecule has 0 saturated carbocycles. The van der Waals surface area contributed by atoms with Gasteiger partial charge in [-0.3, -0.25) is 5.32 Å².